The number of rotatable bonds is 4. The van der Waals surface area contributed by atoms with Gasteiger partial charge in [0, 0.05) is 36.9 Å². The fourth-order valence-corrected chi connectivity index (χ4v) is 5.39. The molecule has 6 heteroatoms. The van der Waals surface area contributed by atoms with E-state index >= 15 is 0 Å². The minimum absolute atomic E-state index is 0.0246. The molecule has 1 aliphatic heterocycles. The fourth-order valence-electron chi connectivity index (χ4n) is 4.41. The number of carbonyl (C=O) groups excluding carboxylic acids is 1. The van der Waals surface area contributed by atoms with Crippen molar-refractivity contribution < 1.29 is 13.9 Å². The molecule has 2 aromatic heterocycles. The largest absolute Gasteiger partial charge is 0.490 e. The van der Waals surface area contributed by atoms with Crippen LogP contribution in [0.15, 0.2) is 38.9 Å². The summed E-state index contributed by atoms with van der Waals surface area (Å²) in [5, 5.41) is 2.07. The Hall–Kier alpha value is -2.08. The van der Waals surface area contributed by atoms with Crippen LogP contribution in [0.3, 0.4) is 0 Å². The zero-order chi connectivity index (χ0) is 18.9. The Morgan fingerprint density at radius 1 is 1.26 bits per heavy atom. The summed E-state index contributed by atoms with van der Waals surface area (Å²) >= 11 is 1.71. The van der Waals surface area contributed by atoms with E-state index in [0.717, 1.165) is 38.5 Å². The number of likely N-dealkylation sites (tertiary alicyclic amines) is 1. The van der Waals surface area contributed by atoms with E-state index in [0.29, 0.717) is 24.6 Å². The molecule has 0 atom stereocenters. The van der Waals surface area contributed by atoms with E-state index in [9.17, 15) is 9.59 Å². The Labute approximate surface area is 162 Å². The molecule has 0 spiro atoms. The standard InChI is InChI=1S/C21H25NO4S/c1-15-13-17(14-19(23)25-15)26-16-6-10-22(11-7-16)20(24)21(8-2-3-9-21)18-5-4-12-27-18/h4-5,12-14,16H,2-3,6-11H2,1H3. The van der Waals surface area contributed by atoms with Crippen molar-refractivity contribution in [2.24, 2.45) is 0 Å². The second-order valence-corrected chi connectivity index (χ2v) is 8.55. The molecule has 1 amide bonds. The lowest BCUT2D eigenvalue weighted by molar-refractivity contribution is -0.139. The third kappa shape index (κ3) is 3.68. The van der Waals surface area contributed by atoms with Gasteiger partial charge in [-0.1, -0.05) is 18.9 Å². The maximum Gasteiger partial charge on any atom is 0.339 e. The van der Waals surface area contributed by atoms with Gasteiger partial charge in [0.05, 0.1) is 11.5 Å². The molecule has 1 saturated heterocycles. The van der Waals surface area contributed by atoms with Crippen LogP contribution in [-0.4, -0.2) is 30.0 Å². The zero-order valence-electron chi connectivity index (χ0n) is 15.6. The molecule has 2 aromatic rings. The SMILES string of the molecule is Cc1cc(OC2CCN(C(=O)C3(c4cccs4)CCCC3)CC2)cc(=O)o1. The van der Waals surface area contributed by atoms with Crippen LogP contribution in [0.25, 0.3) is 0 Å². The van der Waals surface area contributed by atoms with Gasteiger partial charge < -0.3 is 14.1 Å². The van der Waals surface area contributed by atoms with Gasteiger partial charge in [-0.2, -0.15) is 0 Å². The molecule has 2 aliphatic rings. The Kier molecular flexibility index (Phi) is 5.08. The average Bonchev–Trinajstić information content (AvgIpc) is 3.33. The van der Waals surface area contributed by atoms with Crippen LogP contribution < -0.4 is 10.4 Å². The van der Waals surface area contributed by atoms with Gasteiger partial charge in [0.2, 0.25) is 5.91 Å². The molecular weight excluding hydrogens is 362 g/mol. The lowest BCUT2D eigenvalue weighted by Crippen LogP contribution is -2.49. The predicted molar refractivity (Wildman–Crippen MR) is 104 cm³/mol. The van der Waals surface area contributed by atoms with Gasteiger partial charge in [-0.05, 0) is 31.2 Å². The van der Waals surface area contributed by atoms with Crippen LogP contribution in [0.5, 0.6) is 5.75 Å². The van der Waals surface area contributed by atoms with E-state index in [1.165, 1.54) is 10.9 Å². The normalized spacial score (nSPS) is 20.0. The Bertz CT molecular complexity index is 843. The van der Waals surface area contributed by atoms with Crippen LogP contribution in [0, 0.1) is 6.92 Å². The molecule has 0 unspecified atom stereocenters. The smallest absolute Gasteiger partial charge is 0.339 e. The van der Waals surface area contributed by atoms with Crippen LogP contribution in [-0.2, 0) is 10.2 Å². The molecule has 0 N–H and O–H groups in total. The van der Waals surface area contributed by atoms with E-state index in [4.69, 9.17) is 9.15 Å². The first-order valence-corrected chi connectivity index (χ1v) is 10.6. The van der Waals surface area contributed by atoms with Gasteiger partial charge >= 0.3 is 5.63 Å². The molecule has 1 saturated carbocycles. The summed E-state index contributed by atoms with van der Waals surface area (Å²) in [5.41, 5.74) is -0.700. The Morgan fingerprint density at radius 2 is 2.00 bits per heavy atom. The fraction of sp³-hybridized carbons (Fsp3) is 0.524. The molecule has 0 bridgehead atoms. The third-order valence-corrected chi connectivity index (χ3v) is 6.83. The number of aryl methyl sites for hydroxylation is 1. The van der Waals surface area contributed by atoms with Gasteiger partial charge in [0.25, 0.3) is 0 Å². The highest BCUT2D eigenvalue weighted by molar-refractivity contribution is 7.10. The zero-order valence-corrected chi connectivity index (χ0v) is 16.4. The van der Waals surface area contributed by atoms with Crippen LogP contribution in [0.1, 0.15) is 49.2 Å². The van der Waals surface area contributed by atoms with Crippen molar-refractivity contribution in [3.05, 3.63) is 50.7 Å². The monoisotopic (exact) mass is 387 g/mol. The number of thiophene rings is 1. The first-order chi connectivity index (χ1) is 13.1. The second kappa shape index (κ2) is 7.50. The first kappa shape index (κ1) is 18.3. The number of carbonyl (C=O) groups is 1. The molecular formula is C21H25NO4S. The Morgan fingerprint density at radius 3 is 2.63 bits per heavy atom. The number of hydrogen-bond donors (Lipinski definition) is 0. The number of amides is 1. The highest BCUT2D eigenvalue weighted by Gasteiger charge is 2.46. The van der Waals surface area contributed by atoms with Crippen molar-refractivity contribution in [1.82, 2.24) is 4.90 Å². The van der Waals surface area contributed by atoms with Crippen molar-refractivity contribution in [2.75, 3.05) is 13.1 Å². The summed E-state index contributed by atoms with van der Waals surface area (Å²) in [4.78, 5) is 28.1. The Balaban J connectivity index is 1.41. The summed E-state index contributed by atoms with van der Waals surface area (Å²) < 4.78 is 10.9. The number of ether oxygens (including phenoxy) is 1. The van der Waals surface area contributed by atoms with Crippen molar-refractivity contribution in [2.45, 2.75) is 57.0 Å². The van der Waals surface area contributed by atoms with E-state index < -0.39 is 5.63 Å². The molecule has 4 rings (SSSR count). The molecule has 5 nitrogen and oxygen atoms in total. The van der Waals surface area contributed by atoms with Crippen LogP contribution in [0.2, 0.25) is 0 Å². The predicted octanol–water partition coefficient (Wildman–Crippen LogP) is 3.89. The molecule has 0 radical (unpaired) electrons. The molecule has 0 aromatic carbocycles. The summed E-state index contributed by atoms with van der Waals surface area (Å²) in [6, 6.07) is 7.29. The van der Waals surface area contributed by atoms with Crippen molar-refractivity contribution in [3.63, 3.8) is 0 Å². The molecule has 27 heavy (non-hydrogen) atoms. The van der Waals surface area contributed by atoms with Gasteiger partial charge in [-0.3, -0.25) is 4.79 Å². The van der Waals surface area contributed by atoms with Crippen molar-refractivity contribution >= 4 is 17.2 Å². The van der Waals surface area contributed by atoms with E-state index in [1.807, 2.05) is 11.0 Å². The van der Waals surface area contributed by atoms with Crippen LogP contribution in [0.4, 0.5) is 0 Å². The van der Waals surface area contributed by atoms with Crippen molar-refractivity contribution in [3.8, 4) is 5.75 Å². The van der Waals surface area contributed by atoms with Gasteiger partial charge in [-0.25, -0.2) is 4.79 Å². The molecule has 144 valence electrons. The number of hydrogen-bond acceptors (Lipinski definition) is 5. The van der Waals surface area contributed by atoms with Gasteiger partial charge in [0.15, 0.2) is 0 Å². The quantitative estimate of drug-likeness (QED) is 0.799. The summed E-state index contributed by atoms with van der Waals surface area (Å²) in [7, 11) is 0. The number of piperidine rings is 1. The minimum Gasteiger partial charge on any atom is -0.490 e. The third-order valence-electron chi connectivity index (χ3n) is 5.76. The summed E-state index contributed by atoms with van der Waals surface area (Å²) in [6.45, 7) is 3.15. The molecule has 2 fully saturated rings. The summed E-state index contributed by atoms with van der Waals surface area (Å²) in [6.07, 6.45) is 5.76. The lowest BCUT2D eigenvalue weighted by Gasteiger charge is -2.38. The maximum atomic E-state index is 13.4. The average molecular weight is 388 g/mol. The summed E-state index contributed by atoms with van der Waals surface area (Å²) in [5.74, 6) is 1.39. The van der Waals surface area contributed by atoms with Crippen LogP contribution >= 0.6 is 11.3 Å². The van der Waals surface area contributed by atoms with E-state index in [1.54, 1.807) is 24.3 Å². The molecule has 1 aliphatic carbocycles. The van der Waals surface area contributed by atoms with E-state index in [-0.39, 0.29) is 17.4 Å². The topological polar surface area (TPSA) is 59.8 Å². The van der Waals surface area contributed by atoms with Gasteiger partial charge in [0.1, 0.15) is 17.6 Å². The highest BCUT2D eigenvalue weighted by atomic mass is 32.1. The van der Waals surface area contributed by atoms with Gasteiger partial charge in [-0.15, -0.1) is 11.3 Å². The van der Waals surface area contributed by atoms with Crippen molar-refractivity contribution in [1.29, 1.82) is 0 Å². The number of nitrogens with zero attached hydrogens (tertiary/aromatic N) is 1. The highest BCUT2D eigenvalue weighted by Crippen LogP contribution is 2.44. The maximum absolute atomic E-state index is 13.4. The minimum atomic E-state index is -0.392. The second-order valence-electron chi connectivity index (χ2n) is 7.60. The molecule has 3 heterocycles. The first-order valence-electron chi connectivity index (χ1n) is 9.69. The van der Waals surface area contributed by atoms with E-state index in [2.05, 4.69) is 11.4 Å². The lowest BCUT2D eigenvalue weighted by atomic mass is 9.82.